The summed E-state index contributed by atoms with van der Waals surface area (Å²) in [7, 11) is 0.925. The Morgan fingerprint density at radius 3 is 2.78 bits per heavy atom. The molecule has 0 aromatic rings. The molecule has 0 heterocycles. The largest absolute Gasteiger partial charge is 0.300 e. The molecule has 0 fully saturated rings. The average Bonchev–Trinajstić information content (AvgIpc) is 1.80. The second-order valence-corrected chi connectivity index (χ2v) is 3.07. The Labute approximate surface area is 59.6 Å². The molecule has 0 aliphatic carbocycles. The Kier molecular flexibility index (Phi) is 6.40. The lowest BCUT2D eigenvalue weighted by Gasteiger charge is -1.92. The van der Waals surface area contributed by atoms with Crippen LogP contribution in [0.1, 0.15) is 19.8 Å². The van der Waals surface area contributed by atoms with E-state index in [0.29, 0.717) is 5.78 Å². The van der Waals surface area contributed by atoms with Crippen LogP contribution in [0.5, 0.6) is 0 Å². The fraction of sp³-hybridized carbons (Fsp3) is 0.833. The van der Waals surface area contributed by atoms with E-state index >= 15 is 0 Å². The first kappa shape index (κ1) is 9.16. The van der Waals surface area contributed by atoms with Gasteiger partial charge in [0.15, 0.2) is 0 Å². The maximum atomic E-state index is 10.4. The molecule has 1 radical (unpaired) electrons. The maximum Gasteiger partial charge on any atom is 0.142 e. The molecule has 0 amide bonds. The zero-order valence-corrected chi connectivity index (χ0v) is 7.11. The molecule has 51 valence electrons. The number of carbonyl (C=O) groups excluding carboxylic acids is 1. The predicted molar refractivity (Wildman–Crippen MR) is 44.7 cm³/mol. The molecule has 1 unspecified atom stereocenters. The van der Waals surface area contributed by atoms with Crippen LogP contribution in [0.3, 0.4) is 0 Å². The normalized spacial score (nSPS) is 10.4. The van der Waals surface area contributed by atoms with E-state index in [1.54, 1.807) is 6.92 Å². The van der Waals surface area contributed by atoms with Crippen LogP contribution in [0.2, 0.25) is 6.32 Å². The Morgan fingerprint density at radius 1 is 1.67 bits per heavy atom. The second kappa shape index (κ2) is 6.29. The van der Waals surface area contributed by atoms with Crippen molar-refractivity contribution in [3.05, 3.63) is 0 Å². The highest BCUT2D eigenvalue weighted by Crippen LogP contribution is 2.05. The smallest absolute Gasteiger partial charge is 0.142 e. The third-order valence-corrected chi connectivity index (χ3v) is 1.78. The Balaban J connectivity index is 2.83. The van der Waals surface area contributed by atoms with Crippen molar-refractivity contribution in [2.24, 2.45) is 0 Å². The van der Waals surface area contributed by atoms with Gasteiger partial charge in [-0.3, -0.25) is 0 Å². The van der Waals surface area contributed by atoms with Gasteiger partial charge in [0.2, 0.25) is 0 Å². The molecule has 0 spiro atoms. The van der Waals surface area contributed by atoms with Gasteiger partial charge in [-0.05, 0) is 6.92 Å². The summed E-state index contributed by atoms with van der Waals surface area (Å²) in [5.41, 5.74) is 0. The summed E-state index contributed by atoms with van der Waals surface area (Å²) in [6.45, 7) is 6.03. The van der Waals surface area contributed by atoms with Gasteiger partial charge in [-0.1, -0.05) is 19.4 Å². The zero-order valence-electron chi connectivity index (χ0n) is 6.11. The number of Topliss-reactive ketones (excluding diaryl/α,β-unsaturated/α-hetero) is 1. The van der Waals surface area contributed by atoms with Crippen LogP contribution in [0.15, 0.2) is 0 Å². The lowest BCUT2D eigenvalue weighted by molar-refractivity contribution is -0.117. The molecule has 1 nitrogen and oxygen atoms in total. The minimum absolute atomic E-state index is 0.308. The lowest BCUT2D eigenvalue weighted by atomic mass is 9.97. The number of carbonyl (C=O) groups is 1. The highest BCUT2D eigenvalue weighted by molar-refractivity contribution is 7.70. The molecule has 0 N–H and O–H groups in total. The number of rotatable bonds is 5. The Morgan fingerprint density at radius 2 is 2.33 bits per heavy atom. The SMILES string of the molecule is CP[B]CCCC(C)=O. The van der Waals surface area contributed by atoms with Crippen molar-refractivity contribution in [1.82, 2.24) is 0 Å². The summed E-state index contributed by atoms with van der Waals surface area (Å²) in [6, 6.07) is 0. The molecule has 0 bridgehead atoms. The van der Waals surface area contributed by atoms with Crippen LogP contribution in [-0.4, -0.2) is 19.4 Å². The quantitative estimate of drug-likeness (QED) is 0.325. The third-order valence-electron chi connectivity index (χ3n) is 1.08. The first-order valence-electron chi connectivity index (χ1n) is 3.25. The summed E-state index contributed by atoms with van der Waals surface area (Å²) in [5.74, 6) is 0.308. The third kappa shape index (κ3) is 8.16. The first-order valence-corrected chi connectivity index (χ1v) is 4.83. The van der Waals surface area contributed by atoms with Gasteiger partial charge < -0.3 is 4.79 Å². The highest BCUT2D eigenvalue weighted by atomic mass is 31.1. The molecule has 0 rings (SSSR count). The fourth-order valence-electron chi connectivity index (χ4n) is 0.597. The van der Waals surface area contributed by atoms with Gasteiger partial charge in [0.25, 0.3) is 0 Å². The minimum atomic E-state index is 0.308. The minimum Gasteiger partial charge on any atom is -0.300 e. The topological polar surface area (TPSA) is 17.1 Å². The summed E-state index contributed by atoms with van der Waals surface area (Å²) in [6.07, 6.45) is 2.89. The van der Waals surface area contributed by atoms with E-state index in [9.17, 15) is 4.79 Å². The van der Waals surface area contributed by atoms with Gasteiger partial charge >= 0.3 is 0 Å². The fourth-order valence-corrected chi connectivity index (χ4v) is 1.09. The molecule has 0 aliphatic heterocycles. The Bertz CT molecular complexity index is 85.1. The van der Waals surface area contributed by atoms with E-state index in [1.807, 2.05) is 0 Å². The molecule has 0 aliphatic rings. The molecule has 1 atom stereocenters. The van der Waals surface area contributed by atoms with Crippen LogP contribution in [-0.2, 0) is 4.79 Å². The molecule has 0 aromatic carbocycles. The van der Waals surface area contributed by atoms with E-state index in [-0.39, 0.29) is 0 Å². The number of hydrogen-bond acceptors (Lipinski definition) is 1. The second-order valence-electron chi connectivity index (χ2n) is 2.09. The highest BCUT2D eigenvalue weighted by Gasteiger charge is 1.92. The Hall–Kier alpha value is 0.165. The molecule has 0 saturated heterocycles. The molecule has 0 aromatic heterocycles. The predicted octanol–water partition coefficient (Wildman–Crippen LogP) is 1.70. The van der Waals surface area contributed by atoms with Gasteiger partial charge in [0, 0.05) is 6.42 Å². The zero-order chi connectivity index (χ0) is 7.11. The lowest BCUT2D eigenvalue weighted by Crippen LogP contribution is -1.89. The van der Waals surface area contributed by atoms with Crippen molar-refractivity contribution in [3.63, 3.8) is 0 Å². The van der Waals surface area contributed by atoms with Gasteiger partial charge in [-0.2, -0.15) is 8.46 Å². The van der Waals surface area contributed by atoms with Gasteiger partial charge in [0.1, 0.15) is 12.8 Å². The molecule has 3 heteroatoms. The van der Waals surface area contributed by atoms with Crippen molar-refractivity contribution in [2.45, 2.75) is 26.1 Å². The van der Waals surface area contributed by atoms with Crippen molar-refractivity contribution in [2.75, 3.05) is 6.66 Å². The van der Waals surface area contributed by atoms with Crippen molar-refractivity contribution in [1.29, 1.82) is 0 Å². The van der Waals surface area contributed by atoms with Gasteiger partial charge in [0.05, 0.1) is 0 Å². The first-order chi connectivity index (χ1) is 4.27. The summed E-state index contributed by atoms with van der Waals surface area (Å²) in [4.78, 5) is 10.4. The van der Waals surface area contributed by atoms with E-state index in [1.165, 1.54) is 0 Å². The summed E-state index contributed by atoms with van der Waals surface area (Å²) < 4.78 is 0. The maximum absolute atomic E-state index is 10.4. The summed E-state index contributed by atoms with van der Waals surface area (Å²) >= 11 is 0. The van der Waals surface area contributed by atoms with Crippen molar-refractivity contribution in [3.8, 4) is 0 Å². The van der Waals surface area contributed by atoms with E-state index in [0.717, 1.165) is 27.6 Å². The molecule has 9 heavy (non-hydrogen) atoms. The van der Waals surface area contributed by atoms with Gasteiger partial charge in [-0.15, -0.1) is 0 Å². The van der Waals surface area contributed by atoms with Crippen molar-refractivity contribution < 1.29 is 4.79 Å². The molecular formula is C6H13BOP. The standard InChI is InChI=1S/C6H13BOP/c1-6(8)4-3-5-7-9-2/h9H,3-5H2,1-2H3. The van der Waals surface area contributed by atoms with Crippen LogP contribution < -0.4 is 0 Å². The van der Waals surface area contributed by atoms with Crippen LogP contribution in [0.4, 0.5) is 0 Å². The van der Waals surface area contributed by atoms with E-state index in [2.05, 4.69) is 13.7 Å². The van der Waals surface area contributed by atoms with Crippen molar-refractivity contribution >= 4 is 21.2 Å². The van der Waals surface area contributed by atoms with E-state index in [4.69, 9.17) is 0 Å². The van der Waals surface area contributed by atoms with Crippen LogP contribution in [0, 0.1) is 0 Å². The monoisotopic (exact) mass is 143 g/mol. The summed E-state index contributed by atoms with van der Waals surface area (Å²) in [5, 5.41) is 0. The molecular weight excluding hydrogens is 130 g/mol. The average molecular weight is 143 g/mol. The van der Waals surface area contributed by atoms with Crippen LogP contribution in [0.25, 0.3) is 0 Å². The number of hydrogen-bond donors (Lipinski definition) is 0. The van der Waals surface area contributed by atoms with Crippen LogP contribution >= 0.6 is 8.46 Å². The molecule has 0 saturated carbocycles. The number of ketones is 1. The van der Waals surface area contributed by atoms with Gasteiger partial charge in [-0.25, -0.2) is 0 Å². The van der Waals surface area contributed by atoms with E-state index < -0.39 is 0 Å².